The molecule has 0 fully saturated rings. The maximum Gasteiger partial charge on any atom is 2.00 e. The summed E-state index contributed by atoms with van der Waals surface area (Å²) in [5.41, 5.74) is 7.41. The van der Waals surface area contributed by atoms with Crippen molar-refractivity contribution in [3.8, 4) is 0 Å². The third-order valence-corrected chi connectivity index (χ3v) is 8.34. The first-order valence-electron chi connectivity index (χ1n) is 8.72. The minimum absolute atomic E-state index is 0. The Hall–Kier alpha value is -0.183. The molecule has 2 aliphatic rings. The molecule has 2 aliphatic carbocycles. The van der Waals surface area contributed by atoms with Gasteiger partial charge in [0.05, 0.1) is 17.6 Å². The van der Waals surface area contributed by atoms with E-state index in [-0.39, 0.29) is 68.6 Å². The zero-order chi connectivity index (χ0) is 17.1. The van der Waals surface area contributed by atoms with Gasteiger partial charge in [0.25, 0.3) is 0 Å². The Morgan fingerprint density at radius 2 is 0.926 bits per heavy atom. The van der Waals surface area contributed by atoms with Crippen molar-refractivity contribution in [1.29, 1.82) is 0 Å². The molecule has 4 rings (SSSR count). The van der Waals surface area contributed by atoms with Crippen LogP contribution in [0.2, 0.25) is 26.2 Å². The van der Waals surface area contributed by atoms with Crippen molar-refractivity contribution < 1.29 is 51.0 Å². The van der Waals surface area contributed by atoms with Crippen molar-refractivity contribution in [3.63, 3.8) is 0 Å². The number of fused-ring (bicyclic) bond motifs is 2. The van der Waals surface area contributed by atoms with Gasteiger partial charge in [-0.25, -0.2) is 0 Å². The number of hydrogen-bond donors (Lipinski definition) is 0. The van der Waals surface area contributed by atoms with Gasteiger partial charge in [-0.15, -0.1) is 0 Å². The third-order valence-electron chi connectivity index (χ3n) is 4.84. The van der Waals surface area contributed by atoms with Crippen molar-refractivity contribution in [1.82, 2.24) is 0 Å². The van der Waals surface area contributed by atoms with Gasteiger partial charge in [0.2, 0.25) is 0 Å². The maximum atomic E-state index is 2.38. The molecule has 140 valence electrons. The summed E-state index contributed by atoms with van der Waals surface area (Å²) in [5, 5.41) is 0. The summed E-state index contributed by atoms with van der Waals surface area (Å²) in [6, 6.07) is 17.4. The van der Waals surface area contributed by atoms with Crippen LogP contribution in [0.25, 0.3) is 12.2 Å². The molecule has 2 aromatic rings. The predicted octanol–water partition coefficient (Wildman–Crippen LogP) is 0.187. The molecular weight excluding hydrogens is 483 g/mol. The van der Waals surface area contributed by atoms with Crippen LogP contribution in [-0.4, -0.2) is 17.6 Å². The zero-order valence-corrected chi connectivity index (χ0v) is 22.3. The second kappa shape index (κ2) is 12.4. The molecule has 0 saturated carbocycles. The van der Waals surface area contributed by atoms with Crippen LogP contribution in [0.3, 0.4) is 0 Å². The molecule has 2 atom stereocenters. The summed E-state index contributed by atoms with van der Waals surface area (Å²) < 4.78 is 0. The van der Waals surface area contributed by atoms with Crippen LogP contribution in [-0.2, 0) is 26.2 Å². The van der Waals surface area contributed by atoms with E-state index in [1.165, 1.54) is 22.3 Å². The smallest absolute Gasteiger partial charge is 1.00 e. The standard InChI is InChI=1S/2C11H13Si.2ClH.Zr/c2*1-12(2)11-8-7-9-5-3-4-6-10(9)11;;;/h2*3-8,11H,1-2H3;2*1H;/q;;;;+2/p-2. The van der Waals surface area contributed by atoms with Gasteiger partial charge in [0, 0.05) is 0 Å². The minimum Gasteiger partial charge on any atom is -1.00 e. The molecule has 2 aromatic carbocycles. The molecule has 0 nitrogen and oxygen atoms in total. The third kappa shape index (κ3) is 6.40. The van der Waals surface area contributed by atoms with Crippen LogP contribution >= 0.6 is 0 Å². The molecule has 0 heterocycles. The van der Waals surface area contributed by atoms with Crippen molar-refractivity contribution in [2.75, 3.05) is 0 Å². The zero-order valence-electron chi connectivity index (χ0n) is 16.3. The Morgan fingerprint density at radius 1 is 0.593 bits per heavy atom. The van der Waals surface area contributed by atoms with Gasteiger partial charge in [-0.1, -0.05) is 99.0 Å². The topological polar surface area (TPSA) is 0 Å². The molecule has 0 spiro atoms. The summed E-state index contributed by atoms with van der Waals surface area (Å²) in [4.78, 5) is 0. The Kier molecular flexibility index (Phi) is 12.3. The molecule has 0 bridgehead atoms. The first-order chi connectivity index (χ1) is 11.6. The van der Waals surface area contributed by atoms with Gasteiger partial charge < -0.3 is 24.8 Å². The summed E-state index contributed by atoms with van der Waals surface area (Å²) in [7, 11) is -0.422. The summed E-state index contributed by atoms with van der Waals surface area (Å²) in [6.45, 7) is 9.51. The first kappa shape index (κ1) is 26.8. The maximum absolute atomic E-state index is 2.38. The van der Waals surface area contributed by atoms with Gasteiger partial charge in [-0.2, -0.15) is 0 Å². The van der Waals surface area contributed by atoms with E-state index in [1.807, 2.05) is 0 Å². The normalized spacial score (nSPS) is 17.9. The van der Waals surface area contributed by atoms with E-state index in [4.69, 9.17) is 0 Å². The molecule has 27 heavy (non-hydrogen) atoms. The second-order valence-electron chi connectivity index (χ2n) is 7.09. The van der Waals surface area contributed by atoms with Gasteiger partial charge in [-0.05, 0) is 33.3 Å². The van der Waals surface area contributed by atoms with E-state index in [2.05, 4.69) is 99.0 Å². The second-order valence-corrected chi connectivity index (χ2v) is 12.6. The SMILES string of the molecule is C[Si](C)C1C=Cc2ccccc21.C[Si](C)C1C=Cc2ccccc21.[Cl-].[Cl-].[Zr+2]. The number of hydrogen-bond acceptors (Lipinski definition) is 0. The van der Waals surface area contributed by atoms with Crippen molar-refractivity contribution in [2.45, 2.75) is 37.3 Å². The fourth-order valence-electron chi connectivity index (χ4n) is 3.51. The van der Waals surface area contributed by atoms with Gasteiger partial charge in [-0.3, -0.25) is 0 Å². The fraction of sp³-hybridized carbons (Fsp3) is 0.273. The van der Waals surface area contributed by atoms with Crippen molar-refractivity contribution in [2.24, 2.45) is 0 Å². The quantitative estimate of drug-likeness (QED) is 0.508. The predicted molar refractivity (Wildman–Crippen MR) is 111 cm³/mol. The Bertz CT molecular complexity index is 707. The van der Waals surface area contributed by atoms with Gasteiger partial charge >= 0.3 is 26.2 Å². The Morgan fingerprint density at radius 3 is 1.26 bits per heavy atom. The van der Waals surface area contributed by atoms with Gasteiger partial charge in [0.15, 0.2) is 0 Å². The average Bonchev–Trinajstić information content (AvgIpc) is 3.19. The van der Waals surface area contributed by atoms with Crippen molar-refractivity contribution >= 4 is 29.7 Å². The number of halogens is 2. The van der Waals surface area contributed by atoms with Crippen molar-refractivity contribution in [3.05, 3.63) is 82.9 Å². The fourth-order valence-corrected chi connectivity index (χ4v) is 6.24. The van der Waals surface area contributed by atoms with E-state index >= 15 is 0 Å². The molecular formula is C22H26Cl2Si2Zr. The van der Waals surface area contributed by atoms with Crippen LogP contribution in [0.5, 0.6) is 0 Å². The van der Waals surface area contributed by atoms with Crippen LogP contribution in [0, 0.1) is 0 Å². The Labute approximate surface area is 199 Å². The van der Waals surface area contributed by atoms with E-state index in [1.54, 1.807) is 0 Å². The number of benzene rings is 2. The van der Waals surface area contributed by atoms with Crippen LogP contribution in [0.15, 0.2) is 60.7 Å². The molecule has 5 heteroatoms. The molecule has 0 aromatic heterocycles. The molecule has 0 aliphatic heterocycles. The minimum atomic E-state index is -0.211. The summed E-state index contributed by atoms with van der Waals surface area (Å²) in [5.74, 6) is 0. The van der Waals surface area contributed by atoms with E-state index < -0.39 is 0 Å². The first-order valence-corrected chi connectivity index (χ1v) is 13.9. The molecule has 0 saturated heterocycles. The monoisotopic (exact) mass is 506 g/mol. The van der Waals surface area contributed by atoms with Crippen LogP contribution < -0.4 is 24.8 Å². The van der Waals surface area contributed by atoms with E-state index in [0.29, 0.717) is 0 Å². The molecule has 2 unspecified atom stereocenters. The summed E-state index contributed by atoms with van der Waals surface area (Å²) >= 11 is 0. The molecule has 0 N–H and O–H groups in total. The van der Waals surface area contributed by atoms with E-state index in [0.717, 1.165) is 11.1 Å². The van der Waals surface area contributed by atoms with Crippen LogP contribution in [0.4, 0.5) is 0 Å². The molecule has 0 amide bonds. The number of allylic oxidation sites excluding steroid dienone is 2. The largest absolute Gasteiger partial charge is 2.00 e. The molecule has 2 radical (unpaired) electrons. The number of rotatable bonds is 2. The van der Waals surface area contributed by atoms with Crippen LogP contribution in [0.1, 0.15) is 33.3 Å². The average molecular weight is 509 g/mol. The van der Waals surface area contributed by atoms with E-state index in [9.17, 15) is 0 Å². The Balaban J connectivity index is 0.000000451. The van der Waals surface area contributed by atoms with Gasteiger partial charge in [0.1, 0.15) is 0 Å². The summed E-state index contributed by atoms with van der Waals surface area (Å²) in [6.07, 6.45) is 9.24.